The molecule has 1 amide bonds. The number of amides is 1. The SMILES string of the molecule is N#Cc1ccccc1Cn1cc(/C=N\NC(=O)CNc2cccc(C(F)(F)F)c2)c2ccccc21. The molecule has 9 heteroatoms. The number of rotatable bonds is 7. The van der Waals surface area contributed by atoms with Crippen molar-refractivity contribution < 1.29 is 18.0 Å². The molecule has 0 fully saturated rings. The standard InChI is InChI=1S/C26H20F3N5O/c27-26(28,29)21-8-5-9-22(12-21)31-15-25(35)33-32-14-20-17-34(24-11-4-3-10-23(20)24)16-19-7-2-1-6-18(19)13-30/h1-12,14,17,31H,15-16H2,(H,33,35)/b32-14-. The molecule has 1 aromatic heterocycles. The number of aromatic nitrogens is 1. The van der Waals surface area contributed by atoms with Gasteiger partial charge in [-0.15, -0.1) is 0 Å². The molecule has 0 saturated heterocycles. The van der Waals surface area contributed by atoms with E-state index in [9.17, 15) is 23.2 Å². The molecule has 0 saturated carbocycles. The first-order valence-corrected chi connectivity index (χ1v) is 10.6. The predicted octanol–water partition coefficient (Wildman–Crippen LogP) is 5.14. The summed E-state index contributed by atoms with van der Waals surface area (Å²) in [7, 11) is 0. The Balaban J connectivity index is 1.43. The van der Waals surface area contributed by atoms with E-state index in [1.54, 1.807) is 6.07 Å². The lowest BCUT2D eigenvalue weighted by atomic mass is 10.1. The summed E-state index contributed by atoms with van der Waals surface area (Å²) in [6.07, 6.45) is -1.06. The molecule has 0 unspecified atom stereocenters. The number of hydrogen-bond acceptors (Lipinski definition) is 4. The summed E-state index contributed by atoms with van der Waals surface area (Å²) >= 11 is 0. The summed E-state index contributed by atoms with van der Waals surface area (Å²) in [5.41, 5.74) is 4.95. The van der Waals surface area contributed by atoms with Gasteiger partial charge in [0.2, 0.25) is 0 Å². The Bertz CT molecular complexity index is 1430. The van der Waals surface area contributed by atoms with Crippen molar-refractivity contribution in [3.63, 3.8) is 0 Å². The number of alkyl halides is 3. The van der Waals surface area contributed by atoms with Crippen LogP contribution in [0, 0.1) is 11.3 Å². The normalized spacial score (nSPS) is 11.5. The fourth-order valence-electron chi connectivity index (χ4n) is 3.66. The first-order valence-electron chi connectivity index (χ1n) is 10.6. The van der Waals surface area contributed by atoms with Crippen molar-refractivity contribution in [2.45, 2.75) is 12.7 Å². The molecule has 0 spiro atoms. The molecule has 4 rings (SSSR count). The number of nitrogens with zero attached hydrogens (tertiary/aromatic N) is 3. The average molecular weight is 475 g/mol. The Labute approximate surface area is 199 Å². The minimum absolute atomic E-state index is 0.180. The second kappa shape index (κ2) is 10.1. The van der Waals surface area contributed by atoms with Gasteiger partial charge >= 0.3 is 6.18 Å². The van der Waals surface area contributed by atoms with Crippen molar-refractivity contribution in [2.24, 2.45) is 5.10 Å². The smallest absolute Gasteiger partial charge is 0.376 e. The van der Waals surface area contributed by atoms with Gasteiger partial charge in [-0.1, -0.05) is 42.5 Å². The first kappa shape index (κ1) is 23.6. The van der Waals surface area contributed by atoms with Gasteiger partial charge < -0.3 is 9.88 Å². The van der Waals surface area contributed by atoms with Crippen molar-refractivity contribution in [1.29, 1.82) is 5.26 Å². The maximum absolute atomic E-state index is 12.8. The highest BCUT2D eigenvalue weighted by Crippen LogP contribution is 2.30. The van der Waals surface area contributed by atoms with E-state index < -0.39 is 17.6 Å². The minimum atomic E-state index is -4.46. The van der Waals surface area contributed by atoms with Crippen molar-refractivity contribution in [2.75, 3.05) is 11.9 Å². The summed E-state index contributed by atoms with van der Waals surface area (Å²) in [5.74, 6) is -0.509. The maximum atomic E-state index is 12.8. The number of para-hydroxylation sites is 1. The number of nitriles is 1. The minimum Gasteiger partial charge on any atom is -0.376 e. The topological polar surface area (TPSA) is 82.2 Å². The van der Waals surface area contributed by atoms with Gasteiger partial charge in [0.25, 0.3) is 5.91 Å². The molecular weight excluding hydrogens is 455 g/mol. The van der Waals surface area contributed by atoms with E-state index in [2.05, 4.69) is 21.9 Å². The van der Waals surface area contributed by atoms with Crippen LogP contribution in [0.2, 0.25) is 0 Å². The third-order valence-electron chi connectivity index (χ3n) is 5.33. The molecule has 6 nitrogen and oxygen atoms in total. The lowest BCUT2D eigenvalue weighted by Crippen LogP contribution is -2.26. The molecular formula is C26H20F3N5O. The molecule has 4 aromatic rings. The van der Waals surface area contributed by atoms with Crippen LogP contribution in [0.4, 0.5) is 18.9 Å². The van der Waals surface area contributed by atoms with Gasteiger partial charge in [0.1, 0.15) is 0 Å². The molecule has 0 aliphatic heterocycles. The Morgan fingerprint density at radius 2 is 1.83 bits per heavy atom. The van der Waals surface area contributed by atoms with Crippen LogP contribution in [-0.4, -0.2) is 23.2 Å². The number of carbonyl (C=O) groups excluding carboxylic acids is 1. The quantitative estimate of drug-likeness (QED) is 0.287. The van der Waals surface area contributed by atoms with Crippen LogP contribution in [0.25, 0.3) is 10.9 Å². The number of hydrazone groups is 1. The summed E-state index contributed by atoms with van der Waals surface area (Å²) < 4.78 is 40.5. The van der Waals surface area contributed by atoms with Crippen LogP contribution in [-0.2, 0) is 17.5 Å². The van der Waals surface area contributed by atoms with Crippen LogP contribution in [0.1, 0.15) is 22.3 Å². The van der Waals surface area contributed by atoms with Crippen molar-refractivity contribution >= 4 is 28.7 Å². The van der Waals surface area contributed by atoms with Gasteiger partial charge in [0, 0.05) is 34.9 Å². The molecule has 0 atom stereocenters. The van der Waals surface area contributed by atoms with Crippen molar-refractivity contribution in [1.82, 2.24) is 9.99 Å². The number of halogens is 3. The van der Waals surface area contributed by atoms with Gasteiger partial charge in [-0.2, -0.15) is 23.5 Å². The zero-order valence-electron chi connectivity index (χ0n) is 18.4. The molecule has 35 heavy (non-hydrogen) atoms. The summed E-state index contributed by atoms with van der Waals surface area (Å²) in [6, 6.07) is 21.9. The second-order valence-electron chi connectivity index (χ2n) is 7.72. The zero-order valence-corrected chi connectivity index (χ0v) is 18.4. The molecule has 0 bridgehead atoms. The number of benzene rings is 3. The second-order valence-corrected chi connectivity index (χ2v) is 7.72. The number of nitrogens with one attached hydrogen (secondary N) is 2. The van der Waals surface area contributed by atoms with Crippen molar-refractivity contribution in [3.05, 3.63) is 101 Å². The van der Waals surface area contributed by atoms with E-state index in [1.165, 1.54) is 18.3 Å². The van der Waals surface area contributed by atoms with Gasteiger partial charge in [-0.3, -0.25) is 4.79 Å². The molecule has 1 heterocycles. The monoisotopic (exact) mass is 475 g/mol. The number of hydrogen-bond donors (Lipinski definition) is 2. The zero-order chi connectivity index (χ0) is 24.8. The fraction of sp³-hybridized carbons (Fsp3) is 0.115. The Morgan fingerprint density at radius 3 is 2.63 bits per heavy atom. The van der Waals surface area contributed by atoms with E-state index in [0.717, 1.165) is 34.2 Å². The predicted molar refractivity (Wildman–Crippen MR) is 128 cm³/mol. The lowest BCUT2D eigenvalue weighted by Gasteiger charge is -2.09. The average Bonchev–Trinajstić information content (AvgIpc) is 3.20. The molecule has 0 radical (unpaired) electrons. The Kier molecular flexibility index (Phi) is 6.83. The highest BCUT2D eigenvalue weighted by atomic mass is 19.4. The van der Waals surface area contributed by atoms with Crippen molar-refractivity contribution in [3.8, 4) is 6.07 Å². The third kappa shape index (κ3) is 5.68. The number of carbonyl (C=O) groups is 1. The number of fused-ring (bicyclic) bond motifs is 1. The molecule has 2 N–H and O–H groups in total. The largest absolute Gasteiger partial charge is 0.416 e. The van der Waals surface area contributed by atoms with Gasteiger partial charge in [0.05, 0.1) is 30.0 Å². The van der Waals surface area contributed by atoms with Crippen LogP contribution < -0.4 is 10.7 Å². The van der Waals surface area contributed by atoms with Crippen LogP contribution in [0.5, 0.6) is 0 Å². The van der Waals surface area contributed by atoms with Gasteiger partial charge in [-0.05, 0) is 35.9 Å². The Hall–Kier alpha value is -4.58. The maximum Gasteiger partial charge on any atom is 0.416 e. The van der Waals surface area contributed by atoms with E-state index in [0.29, 0.717) is 12.1 Å². The fourth-order valence-corrected chi connectivity index (χ4v) is 3.66. The van der Waals surface area contributed by atoms with Gasteiger partial charge in [-0.25, -0.2) is 5.43 Å². The number of anilines is 1. The molecule has 176 valence electrons. The molecule has 0 aliphatic rings. The lowest BCUT2D eigenvalue weighted by molar-refractivity contribution is -0.137. The van der Waals surface area contributed by atoms with E-state index in [1.807, 2.05) is 53.2 Å². The van der Waals surface area contributed by atoms with Crippen LogP contribution in [0.3, 0.4) is 0 Å². The van der Waals surface area contributed by atoms with E-state index in [-0.39, 0.29) is 12.2 Å². The summed E-state index contributed by atoms with van der Waals surface area (Å²) in [4.78, 5) is 12.1. The Morgan fingerprint density at radius 1 is 1.06 bits per heavy atom. The summed E-state index contributed by atoms with van der Waals surface area (Å²) in [5, 5.41) is 17.0. The van der Waals surface area contributed by atoms with Crippen LogP contribution in [0.15, 0.2) is 84.1 Å². The van der Waals surface area contributed by atoms with E-state index in [4.69, 9.17) is 0 Å². The molecule has 3 aromatic carbocycles. The first-order chi connectivity index (χ1) is 16.8. The van der Waals surface area contributed by atoms with E-state index >= 15 is 0 Å². The highest BCUT2D eigenvalue weighted by molar-refractivity contribution is 5.99. The molecule has 0 aliphatic carbocycles. The third-order valence-corrected chi connectivity index (χ3v) is 5.33. The van der Waals surface area contributed by atoms with Gasteiger partial charge in [0.15, 0.2) is 0 Å². The van der Waals surface area contributed by atoms with Crippen LogP contribution >= 0.6 is 0 Å². The highest BCUT2D eigenvalue weighted by Gasteiger charge is 2.30. The summed E-state index contributed by atoms with van der Waals surface area (Å²) in [6.45, 7) is 0.247.